The van der Waals surface area contributed by atoms with E-state index in [-0.39, 0.29) is 5.82 Å². The second-order valence-corrected chi connectivity index (χ2v) is 9.49. The maximum atomic E-state index is 14.1. The molecular weight excluding hydrogens is 449 g/mol. The predicted molar refractivity (Wildman–Crippen MR) is 135 cm³/mol. The zero-order valence-electron chi connectivity index (χ0n) is 17.6. The average Bonchev–Trinajstić information content (AvgIpc) is 3.11. The van der Waals surface area contributed by atoms with Crippen LogP contribution in [0.1, 0.15) is 21.1 Å². The maximum Gasteiger partial charge on any atom is 0.147 e. The van der Waals surface area contributed by atoms with Gasteiger partial charge in [0.25, 0.3) is 0 Å². The van der Waals surface area contributed by atoms with E-state index < -0.39 is 0 Å². The van der Waals surface area contributed by atoms with Crippen LogP contribution < -0.4 is 10.6 Å². The Bertz CT molecular complexity index is 1060. The summed E-state index contributed by atoms with van der Waals surface area (Å²) < 4.78 is 14.1. The second kappa shape index (κ2) is 11.3. The van der Waals surface area contributed by atoms with Crippen LogP contribution >= 0.6 is 34.9 Å². The van der Waals surface area contributed by atoms with Gasteiger partial charge >= 0.3 is 0 Å². The lowest BCUT2D eigenvalue weighted by atomic mass is 10.2. The van der Waals surface area contributed by atoms with Crippen molar-refractivity contribution in [3.8, 4) is 0 Å². The fourth-order valence-corrected chi connectivity index (χ4v) is 4.83. The van der Waals surface area contributed by atoms with Gasteiger partial charge in [0.1, 0.15) is 11.6 Å². The number of aryl methyl sites for hydroxylation is 2. The number of thiazole rings is 1. The number of rotatable bonds is 10. The van der Waals surface area contributed by atoms with Crippen LogP contribution in [0, 0.1) is 19.7 Å². The molecule has 0 saturated carbocycles. The van der Waals surface area contributed by atoms with E-state index in [0.717, 1.165) is 37.6 Å². The smallest absolute Gasteiger partial charge is 0.147 e. The first-order valence-corrected chi connectivity index (χ1v) is 12.6. The largest absolute Gasteiger partial charge is 0.379 e. The molecule has 0 atom stereocenters. The number of aromatic nitrogens is 2. The van der Waals surface area contributed by atoms with Crippen LogP contribution in [0.15, 0.2) is 51.8 Å². The van der Waals surface area contributed by atoms with Gasteiger partial charge in [-0.2, -0.15) is 0 Å². The Morgan fingerprint density at radius 2 is 2.10 bits per heavy atom. The maximum absolute atomic E-state index is 14.1. The van der Waals surface area contributed by atoms with E-state index in [0.29, 0.717) is 18.1 Å². The molecule has 0 aliphatic carbocycles. The Hall–Kier alpha value is -2.36. The van der Waals surface area contributed by atoms with Crippen LogP contribution in [-0.2, 0) is 6.54 Å². The first-order chi connectivity index (χ1) is 15.0. The lowest BCUT2D eigenvalue weighted by molar-refractivity contribution is 0.626. The summed E-state index contributed by atoms with van der Waals surface area (Å²) in [5, 5.41) is 9.38. The summed E-state index contributed by atoms with van der Waals surface area (Å²) in [6.45, 7) is 8.14. The lowest BCUT2D eigenvalue weighted by Crippen LogP contribution is -2.03. The Morgan fingerprint density at radius 3 is 2.71 bits per heavy atom. The van der Waals surface area contributed by atoms with Crippen LogP contribution in [0.3, 0.4) is 0 Å². The Balaban J connectivity index is 1.49. The number of pyridine rings is 1. The number of hydrogen-bond acceptors (Lipinski definition) is 8. The highest BCUT2D eigenvalue weighted by Crippen LogP contribution is 2.28. The molecule has 0 spiro atoms. The van der Waals surface area contributed by atoms with E-state index in [2.05, 4.69) is 32.3 Å². The van der Waals surface area contributed by atoms with E-state index in [1.807, 2.05) is 43.7 Å². The molecule has 2 heterocycles. The van der Waals surface area contributed by atoms with Gasteiger partial charge in [-0.1, -0.05) is 6.07 Å². The summed E-state index contributed by atoms with van der Waals surface area (Å²) in [6, 6.07) is 9.08. The highest BCUT2D eigenvalue weighted by Gasteiger charge is 2.09. The van der Waals surface area contributed by atoms with Crippen molar-refractivity contribution in [3.63, 3.8) is 0 Å². The molecule has 2 N–H and O–H groups in total. The van der Waals surface area contributed by atoms with Crippen molar-refractivity contribution in [2.75, 3.05) is 22.8 Å². The van der Waals surface area contributed by atoms with Gasteiger partial charge < -0.3 is 10.6 Å². The Kier molecular flexibility index (Phi) is 8.51. The standard InChI is InChI=1S/C22H24FN5S3/c1-14-22(31-15(2)28-14)20(24-3)12-30-13-27-21-8-5-16(11-26-21)10-25-19-7-6-17(29-4)9-18(19)23/h5-9,11-12,25H,3,10,13H2,1-2,4H3,(H,26,27)/b20-12-. The molecule has 3 aromatic rings. The van der Waals surface area contributed by atoms with Gasteiger partial charge in [-0.3, -0.25) is 4.99 Å². The van der Waals surface area contributed by atoms with Crippen molar-refractivity contribution >= 4 is 58.8 Å². The molecule has 0 unspecified atom stereocenters. The minimum atomic E-state index is -0.250. The summed E-state index contributed by atoms with van der Waals surface area (Å²) in [4.78, 5) is 15.0. The summed E-state index contributed by atoms with van der Waals surface area (Å²) in [5.74, 6) is 1.17. The summed E-state index contributed by atoms with van der Waals surface area (Å²) in [6.07, 6.45) is 3.71. The molecule has 2 aromatic heterocycles. The topological polar surface area (TPSA) is 62.2 Å². The zero-order chi connectivity index (χ0) is 22.2. The van der Waals surface area contributed by atoms with Crippen molar-refractivity contribution in [2.24, 2.45) is 4.99 Å². The monoisotopic (exact) mass is 473 g/mol. The van der Waals surface area contributed by atoms with Gasteiger partial charge in [-0.15, -0.1) is 34.9 Å². The van der Waals surface area contributed by atoms with E-state index in [1.165, 1.54) is 17.8 Å². The third kappa shape index (κ3) is 6.56. The van der Waals surface area contributed by atoms with E-state index in [9.17, 15) is 4.39 Å². The molecule has 31 heavy (non-hydrogen) atoms. The number of anilines is 2. The third-order valence-corrected chi connectivity index (χ3v) is 6.84. The first kappa shape index (κ1) is 23.3. The minimum Gasteiger partial charge on any atom is -0.379 e. The third-order valence-electron chi connectivity index (χ3n) is 4.32. The molecule has 162 valence electrons. The number of hydrogen-bond donors (Lipinski definition) is 2. The zero-order valence-corrected chi connectivity index (χ0v) is 20.1. The molecule has 3 rings (SSSR count). The van der Waals surface area contributed by atoms with Crippen molar-refractivity contribution in [2.45, 2.75) is 25.3 Å². The molecule has 0 aliphatic heterocycles. The molecular formula is C22H24FN5S3. The Morgan fingerprint density at radius 1 is 1.26 bits per heavy atom. The number of halogens is 1. The number of nitrogens with zero attached hydrogens (tertiary/aromatic N) is 3. The minimum absolute atomic E-state index is 0.250. The summed E-state index contributed by atoms with van der Waals surface area (Å²) >= 11 is 4.72. The van der Waals surface area contributed by atoms with Gasteiger partial charge in [-0.05, 0) is 62.1 Å². The molecule has 0 amide bonds. The van der Waals surface area contributed by atoms with E-state index >= 15 is 0 Å². The molecule has 0 aliphatic rings. The van der Waals surface area contributed by atoms with E-state index in [1.54, 1.807) is 35.4 Å². The van der Waals surface area contributed by atoms with Gasteiger partial charge in [-0.25, -0.2) is 14.4 Å². The van der Waals surface area contributed by atoms with E-state index in [4.69, 9.17) is 0 Å². The average molecular weight is 474 g/mol. The normalized spacial score (nSPS) is 11.4. The van der Waals surface area contributed by atoms with Gasteiger partial charge in [0.05, 0.1) is 32.8 Å². The highest BCUT2D eigenvalue weighted by molar-refractivity contribution is 8.02. The van der Waals surface area contributed by atoms with Crippen LogP contribution in [-0.4, -0.2) is 28.8 Å². The fourth-order valence-electron chi connectivity index (χ4n) is 2.76. The SMILES string of the molecule is C=N/C(=C\SCNc1ccc(CNc2ccc(SC)cc2F)cn1)c1sc(C)nc1C. The predicted octanol–water partition coefficient (Wildman–Crippen LogP) is 6.43. The second-order valence-electron chi connectivity index (χ2n) is 6.55. The first-order valence-electron chi connectivity index (χ1n) is 9.49. The fraction of sp³-hybridized carbons (Fsp3) is 0.227. The quantitative estimate of drug-likeness (QED) is 0.153. The van der Waals surface area contributed by atoms with Crippen LogP contribution in [0.4, 0.5) is 15.9 Å². The summed E-state index contributed by atoms with van der Waals surface area (Å²) in [5.41, 5.74) is 3.27. The van der Waals surface area contributed by atoms with Crippen molar-refractivity contribution < 1.29 is 4.39 Å². The Labute approximate surface area is 194 Å². The number of aliphatic imine (C=N–C) groups is 1. The van der Waals surface area contributed by atoms with Crippen LogP contribution in [0.2, 0.25) is 0 Å². The van der Waals surface area contributed by atoms with Crippen molar-refractivity contribution in [1.29, 1.82) is 0 Å². The molecule has 0 fully saturated rings. The molecule has 5 nitrogen and oxygen atoms in total. The molecule has 0 bridgehead atoms. The van der Waals surface area contributed by atoms with Gasteiger partial charge in [0.15, 0.2) is 0 Å². The van der Waals surface area contributed by atoms with Crippen LogP contribution in [0.5, 0.6) is 0 Å². The van der Waals surface area contributed by atoms with Crippen LogP contribution in [0.25, 0.3) is 5.70 Å². The number of thioether (sulfide) groups is 2. The molecule has 1 aromatic carbocycles. The molecule has 0 radical (unpaired) electrons. The van der Waals surface area contributed by atoms with Gasteiger partial charge in [0, 0.05) is 17.6 Å². The molecule has 9 heteroatoms. The molecule has 0 saturated heterocycles. The highest BCUT2D eigenvalue weighted by atomic mass is 32.2. The van der Waals surface area contributed by atoms with Gasteiger partial charge in [0.2, 0.25) is 0 Å². The van der Waals surface area contributed by atoms with Crippen molar-refractivity contribution in [3.05, 3.63) is 68.9 Å². The van der Waals surface area contributed by atoms with Crippen molar-refractivity contribution in [1.82, 2.24) is 9.97 Å². The number of benzene rings is 1. The number of nitrogens with one attached hydrogen (secondary N) is 2. The lowest BCUT2D eigenvalue weighted by Gasteiger charge is -2.09. The summed E-state index contributed by atoms with van der Waals surface area (Å²) in [7, 11) is 0.